The number of aromatic nitrogens is 2. The first-order valence-electron chi connectivity index (χ1n) is 5.57. The van der Waals surface area contributed by atoms with E-state index < -0.39 is 5.97 Å². The van der Waals surface area contributed by atoms with Gasteiger partial charge in [0.1, 0.15) is 0 Å². The van der Waals surface area contributed by atoms with E-state index >= 15 is 0 Å². The molecule has 0 saturated heterocycles. The lowest BCUT2D eigenvalue weighted by Gasteiger charge is -1.98. The van der Waals surface area contributed by atoms with Gasteiger partial charge in [-0.05, 0) is 6.07 Å². The van der Waals surface area contributed by atoms with Crippen molar-refractivity contribution in [2.75, 3.05) is 0 Å². The lowest BCUT2D eigenvalue weighted by Crippen LogP contribution is -1.97. The van der Waals surface area contributed by atoms with Crippen LogP contribution in [0.5, 0.6) is 0 Å². The van der Waals surface area contributed by atoms with Gasteiger partial charge in [-0.15, -0.1) is 11.3 Å². The van der Waals surface area contributed by atoms with E-state index in [1.807, 2.05) is 41.1 Å². The Bertz CT molecular complexity index is 731. The lowest BCUT2D eigenvalue weighted by atomic mass is 10.2. The summed E-state index contributed by atoms with van der Waals surface area (Å²) in [6, 6.07) is 7.88. The minimum absolute atomic E-state index is 0.0401. The van der Waals surface area contributed by atoms with Gasteiger partial charge in [0.2, 0.25) is 0 Å². The summed E-state index contributed by atoms with van der Waals surface area (Å²) in [6.07, 6.45) is 3.77. The van der Waals surface area contributed by atoms with Crippen LogP contribution in [0.2, 0.25) is 0 Å². The first kappa shape index (κ1) is 12.4. The second-order valence-corrected chi connectivity index (χ2v) is 6.01. The second kappa shape index (κ2) is 4.79. The molecule has 2 aromatic heterocycles. The molecular weight excluding hydrogens is 328 g/mol. The van der Waals surface area contributed by atoms with Crippen molar-refractivity contribution in [1.29, 1.82) is 0 Å². The number of hydrogen-bond donors (Lipinski definition) is 1. The molecule has 1 N–H and O–H groups in total. The molecule has 4 nitrogen and oxygen atoms in total. The number of hydrogen-bond acceptors (Lipinski definition) is 3. The monoisotopic (exact) mass is 336 g/mol. The normalized spacial score (nSPS) is 11.0. The van der Waals surface area contributed by atoms with Crippen LogP contribution in [0.1, 0.15) is 4.88 Å². The maximum Gasteiger partial charge on any atom is 0.308 e. The fourth-order valence-electron chi connectivity index (χ4n) is 1.87. The number of carbonyl (C=O) groups is 1. The van der Waals surface area contributed by atoms with Crippen molar-refractivity contribution < 1.29 is 9.90 Å². The Morgan fingerprint density at radius 2 is 2.16 bits per heavy atom. The van der Waals surface area contributed by atoms with Gasteiger partial charge in [0.05, 0.1) is 12.1 Å². The highest BCUT2D eigenvalue weighted by Gasteiger charge is 2.11. The van der Waals surface area contributed by atoms with Crippen LogP contribution >= 0.6 is 27.3 Å². The van der Waals surface area contributed by atoms with Gasteiger partial charge in [-0.25, -0.2) is 4.98 Å². The third kappa shape index (κ3) is 2.41. The van der Waals surface area contributed by atoms with Crippen molar-refractivity contribution in [2.45, 2.75) is 6.42 Å². The molecule has 0 aliphatic rings. The van der Waals surface area contributed by atoms with Gasteiger partial charge in [-0.1, -0.05) is 34.1 Å². The van der Waals surface area contributed by atoms with E-state index in [4.69, 9.17) is 5.11 Å². The Balaban J connectivity index is 2.02. The summed E-state index contributed by atoms with van der Waals surface area (Å²) in [7, 11) is 0. The fourth-order valence-corrected chi connectivity index (χ4v) is 3.31. The van der Waals surface area contributed by atoms with Crippen molar-refractivity contribution >= 4 is 38.2 Å². The van der Waals surface area contributed by atoms with Gasteiger partial charge in [0.15, 0.2) is 4.96 Å². The van der Waals surface area contributed by atoms with E-state index in [0.29, 0.717) is 0 Å². The zero-order chi connectivity index (χ0) is 13.4. The average molecular weight is 337 g/mol. The molecule has 0 unspecified atom stereocenters. The molecule has 0 bridgehead atoms. The van der Waals surface area contributed by atoms with E-state index in [1.165, 1.54) is 11.3 Å². The smallest absolute Gasteiger partial charge is 0.308 e. The SMILES string of the molecule is O=C(O)Cc1cn2cc(-c3ccccc3Br)nc2s1. The van der Waals surface area contributed by atoms with Crippen molar-refractivity contribution in [3.8, 4) is 11.3 Å². The topological polar surface area (TPSA) is 54.6 Å². The molecule has 0 spiro atoms. The fraction of sp³-hybridized carbons (Fsp3) is 0.0769. The van der Waals surface area contributed by atoms with Gasteiger partial charge in [0, 0.05) is 27.3 Å². The van der Waals surface area contributed by atoms with Gasteiger partial charge in [0.25, 0.3) is 0 Å². The van der Waals surface area contributed by atoms with E-state index in [2.05, 4.69) is 20.9 Å². The predicted octanol–water partition coefficient (Wildman–Crippen LogP) is 3.45. The highest BCUT2D eigenvalue weighted by Crippen LogP contribution is 2.29. The molecule has 3 aromatic rings. The van der Waals surface area contributed by atoms with E-state index in [0.717, 1.165) is 25.6 Å². The number of benzene rings is 1. The molecule has 2 heterocycles. The molecule has 0 amide bonds. The minimum atomic E-state index is -0.824. The van der Waals surface area contributed by atoms with Crippen LogP contribution in [0.25, 0.3) is 16.2 Å². The maximum atomic E-state index is 10.7. The van der Waals surface area contributed by atoms with E-state index in [1.54, 1.807) is 0 Å². The number of fused-ring (bicyclic) bond motifs is 1. The summed E-state index contributed by atoms with van der Waals surface area (Å²) >= 11 is 4.90. The van der Waals surface area contributed by atoms with Crippen molar-refractivity contribution in [1.82, 2.24) is 9.38 Å². The van der Waals surface area contributed by atoms with Crippen LogP contribution in [0.15, 0.2) is 41.1 Å². The second-order valence-electron chi connectivity index (χ2n) is 4.06. The third-order valence-electron chi connectivity index (χ3n) is 2.68. The number of carboxylic acids is 1. The molecule has 96 valence electrons. The number of halogens is 1. The Morgan fingerprint density at radius 1 is 1.37 bits per heavy atom. The Kier molecular flexibility index (Phi) is 3.12. The molecule has 3 rings (SSSR count). The molecule has 0 radical (unpaired) electrons. The van der Waals surface area contributed by atoms with Gasteiger partial charge in [-0.2, -0.15) is 0 Å². The van der Waals surface area contributed by atoms with Crippen molar-refractivity contribution in [3.05, 3.63) is 46.0 Å². The molecule has 6 heteroatoms. The zero-order valence-corrected chi connectivity index (χ0v) is 12.1. The highest BCUT2D eigenvalue weighted by molar-refractivity contribution is 9.10. The van der Waals surface area contributed by atoms with Crippen LogP contribution in [-0.4, -0.2) is 20.5 Å². The number of nitrogens with zero attached hydrogens (tertiary/aromatic N) is 2. The molecule has 19 heavy (non-hydrogen) atoms. The Morgan fingerprint density at radius 3 is 2.84 bits per heavy atom. The quantitative estimate of drug-likeness (QED) is 0.796. The van der Waals surface area contributed by atoms with E-state index in [-0.39, 0.29) is 6.42 Å². The van der Waals surface area contributed by atoms with Crippen LogP contribution in [-0.2, 0) is 11.2 Å². The Hall–Kier alpha value is -1.66. The summed E-state index contributed by atoms with van der Waals surface area (Å²) in [4.78, 5) is 16.8. The number of carboxylic acid groups (broad SMARTS) is 1. The van der Waals surface area contributed by atoms with Crippen molar-refractivity contribution in [2.24, 2.45) is 0 Å². The van der Waals surface area contributed by atoms with Crippen LogP contribution in [0.3, 0.4) is 0 Å². The largest absolute Gasteiger partial charge is 0.481 e. The molecule has 1 aromatic carbocycles. The Labute approximate surface area is 121 Å². The van der Waals surface area contributed by atoms with Crippen LogP contribution < -0.4 is 0 Å². The van der Waals surface area contributed by atoms with Crippen LogP contribution in [0, 0.1) is 0 Å². The highest BCUT2D eigenvalue weighted by atomic mass is 79.9. The van der Waals surface area contributed by atoms with Gasteiger partial charge in [-0.3, -0.25) is 9.20 Å². The zero-order valence-electron chi connectivity index (χ0n) is 9.71. The molecule has 0 aliphatic heterocycles. The van der Waals surface area contributed by atoms with Gasteiger partial charge < -0.3 is 5.11 Å². The first-order chi connectivity index (χ1) is 9.13. The summed E-state index contributed by atoms with van der Waals surface area (Å²) < 4.78 is 2.86. The standard InChI is InChI=1S/C13H9BrN2O2S/c14-10-4-2-1-3-9(10)11-7-16-6-8(5-12(17)18)19-13(16)15-11/h1-4,6-7H,5H2,(H,17,18). The number of aliphatic carboxylic acids is 1. The lowest BCUT2D eigenvalue weighted by molar-refractivity contribution is -0.136. The van der Waals surface area contributed by atoms with Crippen LogP contribution in [0.4, 0.5) is 0 Å². The summed E-state index contributed by atoms with van der Waals surface area (Å²) in [5, 5.41) is 8.77. The molecular formula is C13H9BrN2O2S. The molecule has 0 fully saturated rings. The summed E-state index contributed by atoms with van der Waals surface area (Å²) in [5.41, 5.74) is 1.90. The molecule has 0 atom stereocenters. The molecule has 0 saturated carbocycles. The predicted molar refractivity (Wildman–Crippen MR) is 77.5 cm³/mol. The maximum absolute atomic E-state index is 10.7. The van der Waals surface area contributed by atoms with Gasteiger partial charge >= 0.3 is 5.97 Å². The number of thiazole rings is 1. The average Bonchev–Trinajstić information content (AvgIpc) is 2.86. The van der Waals surface area contributed by atoms with E-state index in [9.17, 15) is 4.79 Å². The summed E-state index contributed by atoms with van der Waals surface area (Å²) in [6.45, 7) is 0. The minimum Gasteiger partial charge on any atom is -0.481 e. The summed E-state index contributed by atoms with van der Waals surface area (Å²) in [5.74, 6) is -0.824. The number of imidazole rings is 1. The first-order valence-corrected chi connectivity index (χ1v) is 7.18. The molecule has 0 aliphatic carbocycles. The number of rotatable bonds is 3. The third-order valence-corrected chi connectivity index (χ3v) is 4.37. The van der Waals surface area contributed by atoms with Crippen molar-refractivity contribution in [3.63, 3.8) is 0 Å².